The van der Waals surface area contributed by atoms with Gasteiger partial charge in [0, 0.05) is 15.7 Å². The molecule has 3 nitrogen and oxygen atoms in total. The van der Waals surface area contributed by atoms with Crippen LogP contribution in [0, 0.1) is 5.82 Å². The highest BCUT2D eigenvalue weighted by Gasteiger charge is 2.22. The molecule has 0 bridgehead atoms. The minimum absolute atomic E-state index is 0.123. The van der Waals surface area contributed by atoms with Gasteiger partial charge < -0.3 is 10.6 Å². The molecule has 2 amide bonds. The van der Waals surface area contributed by atoms with Crippen molar-refractivity contribution in [2.75, 3.05) is 11.1 Å². The summed E-state index contributed by atoms with van der Waals surface area (Å²) in [5.74, 6) is 0.458. The third-order valence-electron chi connectivity index (χ3n) is 3.44. The Labute approximate surface area is 137 Å². The highest BCUT2D eigenvalue weighted by molar-refractivity contribution is 7.99. The van der Waals surface area contributed by atoms with Crippen LogP contribution in [0.5, 0.6) is 0 Å². The lowest BCUT2D eigenvalue weighted by Gasteiger charge is -2.26. The topological polar surface area (TPSA) is 41.1 Å². The van der Waals surface area contributed by atoms with Gasteiger partial charge in [-0.25, -0.2) is 9.18 Å². The molecule has 2 aromatic carbocycles. The predicted molar refractivity (Wildman–Crippen MR) is 88.1 cm³/mol. The Bertz CT molecular complexity index is 710. The molecule has 1 atom stereocenters. The maximum absolute atomic E-state index is 13.6. The van der Waals surface area contributed by atoms with E-state index >= 15 is 0 Å². The third kappa shape index (κ3) is 3.36. The van der Waals surface area contributed by atoms with Gasteiger partial charge in [0.05, 0.1) is 11.7 Å². The molecule has 2 aromatic rings. The molecule has 0 saturated heterocycles. The fourth-order valence-electron chi connectivity index (χ4n) is 2.39. The van der Waals surface area contributed by atoms with Crippen LogP contribution in [0.1, 0.15) is 18.0 Å². The molecule has 22 heavy (non-hydrogen) atoms. The summed E-state index contributed by atoms with van der Waals surface area (Å²) in [6.07, 6.45) is 0.808. The van der Waals surface area contributed by atoms with E-state index in [4.69, 9.17) is 11.6 Å². The number of fused-ring (bicyclic) bond motifs is 1. The molecular weight excluding hydrogens is 323 g/mol. The normalized spacial score (nSPS) is 16.7. The van der Waals surface area contributed by atoms with E-state index in [0.29, 0.717) is 5.02 Å². The zero-order valence-electron chi connectivity index (χ0n) is 11.6. The number of hydrogen-bond donors (Lipinski definition) is 2. The first-order valence-corrected chi connectivity index (χ1v) is 8.24. The summed E-state index contributed by atoms with van der Waals surface area (Å²) in [7, 11) is 0. The number of nitrogens with one attached hydrogen (secondary N) is 2. The van der Waals surface area contributed by atoms with Crippen molar-refractivity contribution in [2.24, 2.45) is 0 Å². The van der Waals surface area contributed by atoms with E-state index in [0.717, 1.165) is 22.6 Å². The van der Waals surface area contributed by atoms with Crippen LogP contribution >= 0.6 is 23.4 Å². The largest absolute Gasteiger partial charge is 0.331 e. The Balaban J connectivity index is 1.73. The predicted octanol–water partition coefficient (Wildman–Crippen LogP) is 4.84. The summed E-state index contributed by atoms with van der Waals surface area (Å²) in [4.78, 5) is 13.2. The van der Waals surface area contributed by atoms with E-state index in [1.54, 1.807) is 23.9 Å². The molecule has 0 unspecified atom stereocenters. The van der Waals surface area contributed by atoms with Crippen molar-refractivity contribution in [2.45, 2.75) is 17.4 Å². The first kappa shape index (κ1) is 15.2. The molecule has 0 spiro atoms. The molecule has 0 aliphatic carbocycles. The molecule has 0 saturated carbocycles. The van der Waals surface area contributed by atoms with E-state index in [2.05, 4.69) is 10.6 Å². The Morgan fingerprint density at radius 3 is 2.91 bits per heavy atom. The number of urea groups is 1. The number of hydrogen-bond acceptors (Lipinski definition) is 2. The number of thioether (sulfide) groups is 1. The lowest BCUT2D eigenvalue weighted by Crippen LogP contribution is -2.34. The highest BCUT2D eigenvalue weighted by atomic mass is 35.5. The summed E-state index contributed by atoms with van der Waals surface area (Å²) in [6.45, 7) is 0. The minimum Gasteiger partial charge on any atom is -0.331 e. The molecule has 0 radical (unpaired) electrons. The van der Waals surface area contributed by atoms with E-state index < -0.39 is 11.8 Å². The molecule has 0 aromatic heterocycles. The van der Waals surface area contributed by atoms with Gasteiger partial charge in [-0.05, 0) is 42.3 Å². The summed E-state index contributed by atoms with van der Waals surface area (Å²) < 4.78 is 13.6. The first-order chi connectivity index (χ1) is 10.6. The minimum atomic E-state index is -0.458. The van der Waals surface area contributed by atoms with Crippen LogP contribution in [0.25, 0.3) is 0 Å². The Morgan fingerprint density at radius 1 is 1.27 bits per heavy atom. The van der Waals surface area contributed by atoms with Gasteiger partial charge in [-0.3, -0.25) is 0 Å². The van der Waals surface area contributed by atoms with E-state index in [9.17, 15) is 9.18 Å². The molecule has 3 rings (SSSR count). The van der Waals surface area contributed by atoms with Crippen LogP contribution in [0.2, 0.25) is 5.02 Å². The quantitative estimate of drug-likeness (QED) is 0.824. The molecule has 1 heterocycles. The number of anilines is 1. The maximum Gasteiger partial charge on any atom is 0.319 e. The number of rotatable bonds is 2. The molecule has 1 aliphatic heterocycles. The number of carbonyl (C=O) groups excluding carboxylic acids is 1. The maximum atomic E-state index is 13.6. The second-order valence-corrected chi connectivity index (χ2v) is 6.52. The van der Waals surface area contributed by atoms with Crippen LogP contribution in [0.4, 0.5) is 14.9 Å². The average Bonchev–Trinajstić information content (AvgIpc) is 2.50. The third-order valence-corrected chi connectivity index (χ3v) is 4.80. The zero-order valence-corrected chi connectivity index (χ0v) is 13.2. The van der Waals surface area contributed by atoms with Crippen molar-refractivity contribution in [3.8, 4) is 0 Å². The molecule has 1 aliphatic rings. The highest BCUT2D eigenvalue weighted by Crippen LogP contribution is 2.37. The summed E-state index contributed by atoms with van der Waals surface area (Å²) in [6, 6.07) is 11.2. The van der Waals surface area contributed by atoms with Crippen molar-refractivity contribution in [3.63, 3.8) is 0 Å². The van der Waals surface area contributed by atoms with Crippen LogP contribution in [-0.4, -0.2) is 11.8 Å². The molecule has 0 fully saturated rings. The molecule has 2 N–H and O–H groups in total. The van der Waals surface area contributed by atoms with Gasteiger partial charge in [-0.2, -0.15) is 0 Å². The van der Waals surface area contributed by atoms with Gasteiger partial charge in [0.2, 0.25) is 0 Å². The smallest absolute Gasteiger partial charge is 0.319 e. The second-order valence-electron chi connectivity index (χ2n) is 4.95. The van der Waals surface area contributed by atoms with Crippen molar-refractivity contribution in [1.82, 2.24) is 5.32 Å². The lowest BCUT2D eigenvalue weighted by atomic mass is 10.0. The van der Waals surface area contributed by atoms with E-state index in [1.807, 2.05) is 18.2 Å². The van der Waals surface area contributed by atoms with Gasteiger partial charge in [0.1, 0.15) is 5.82 Å². The van der Waals surface area contributed by atoms with Crippen LogP contribution < -0.4 is 10.6 Å². The average molecular weight is 337 g/mol. The molecule has 114 valence electrons. The van der Waals surface area contributed by atoms with Gasteiger partial charge in [0.15, 0.2) is 0 Å². The molecule has 6 heteroatoms. The van der Waals surface area contributed by atoms with Gasteiger partial charge in [0.25, 0.3) is 0 Å². The van der Waals surface area contributed by atoms with Crippen molar-refractivity contribution in [1.29, 1.82) is 0 Å². The van der Waals surface area contributed by atoms with E-state index in [-0.39, 0.29) is 11.7 Å². The van der Waals surface area contributed by atoms with Crippen LogP contribution in [0.3, 0.4) is 0 Å². The Morgan fingerprint density at radius 2 is 2.09 bits per heavy atom. The lowest BCUT2D eigenvalue weighted by molar-refractivity contribution is 0.248. The number of carbonyl (C=O) groups is 1. The van der Waals surface area contributed by atoms with Crippen LogP contribution in [-0.2, 0) is 0 Å². The Kier molecular flexibility index (Phi) is 4.55. The fourth-order valence-corrected chi connectivity index (χ4v) is 3.68. The van der Waals surface area contributed by atoms with Gasteiger partial charge in [-0.15, -0.1) is 11.8 Å². The fraction of sp³-hybridized carbons (Fsp3) is 0.188. The van der Waals surface area contributed by atoms with Crippen molar-refractivity contribution in [3.05, 3.63) is 58.9 Å². The standard InChI is InChI=1S/C16H14ClFN2OS/c17-10-5-6-15-11(9-10)13(7-8-22-15)19-16(21)20-14-4-2-1-3-12(14)18/h1-6,9,13H,7-8H2,(H2,19,20,21)/t13-/m0/s1. The van der Waals surface area contributed by atoms with Gasteiger partial charge in [-0.1, -0.05) is 23.7 Å². The summed E-state index contributed by atoms with van der Waals surface area (Å²) in [5, 5.41) is 6.07. The molecular formula is C16H14ClFN2OS. The number of benzene rings is 2. The van der Waals surface area contributed by atoms with E-state index in [1.165, 1.54) is 12.1 Å². The Hall–Kier alpha value is -1.72. The van der Waals surface area contributed by atoms with Crippen molar-refractivity contribution >= 4 is 35.1 Å². The summed E-state index contributed by atoms with van der Waals surface area (Å²) in [5.41, 5.74) is 1.17. The number of halogens is 2. The SMILES string of the molecule is O=C(Nc1ccccc1F)N[C@H]1CCSc2ccc(Cl)cc21. The summed E-state index contributed by atoms with van der Waals surface area (Å²) >= 11 is 7.79. The zero-order chi connectivity index (χ0) is 15.5. The van der Waals surface area contributed by atoms with Crippen LogP contribution in [0.15, 0.2) is 47.4 Å². The number of amides is 2. The second kappa shape index (κ2) is 6.58. The van der Waals surface area contributed by atoms with Gasteiger partial charge >= 0.3 is 6.03 Å². The number of para-hydroxylation sites is 1. The monoisotopic (exact) mass is 336 g/mol. The first-order valence-electron chi connectivity index (χ1n) is 6.88. The van der Waals surface area contributed by atoms with Crippen molar-refractivity contribution < 1.29 is 9.18 Å².